The Morgan fingerprint density at radius 3 is 2.77 bits per heavy atom. The van der Waals surface area contributed by atoms with Gasteiger partial charge >= 0.3 is 0 Å². The Morgan fingerprint density at radius 1 is 1.31 bits per heavy atom. The van der Waals surface area contributed by atoms with Gasteiger partial charge in [-0.2, -0.15) is 0 Å². The molecule has 1 aliphatic heterocycles. The largest absolute Gasteiger partial charge is 0.389 e. The molecule has 0 spiro atoms. The van der Waals surface area contributed by atoms with Crippen LogP contribution in [0.25, 0.3) is 0 Å². The molecule has 2 rings (SSSR count). The van der Waals surface area contributed by atoms with Gasteiger partial charge in [-0.15, -0.1) is 0 Å². The zero-order valence-corrected chi connectivity index (χ0v) is 16.3. The average molecular weight is 363 g/mol. The van der Waals surface area contributed by atoms with Gasteiger partial charge in [-0.3, -0.25) is 4.99 Å². The molecule has 2 unspecified atom stereocenters. The molecule has 0 aliphatic carbocycles. The number of rotatable bonds is 9. The minimum atomic E-state index is -0.575. The molecule has 6 nitrogen and oxygen atoms in total. The van der Waals surface area contributed by atoms with Crippen LogP contribution in [0.5, 0.6) is 0 Å². The lowest BCUT2D eigenvalue weighted by Crippen LogP contribution is -2.45. The second-order valence-electron chi connectivity index (χ2n) is 7.22. The van der Waals surface area contributed by atoms with E-state index in [1.165, 1.54) is 5.69 Å². The number of para-hydroxylation sites is 1. The van der Waals surface area contributed by atoms with Crippen LogP contribution in [-0.4, -0.2) is 62.6 Å². The van der Waals surface area contributed by atoms with Crippen LogP contribution >= 0.6 is 0 Å². The van der Waals surface area contributed by atoms with Crippen molar-refractivity contribution in [2.24, 2.45) is 10.9 Å². The van der Waals surface area contributed by atoms with Crippen molar-refractivity contribution in [2.45, 2.75) is 39.3 Å². The van der Waals surface area contributed by atoms with E-state index < -0.39 is 6.10 Å². The van der Waals surface area contributed by atoms with E-state index in [4.69, 9.17) is 4.74 Å². The Hall–Kier alpha value is -1.79. The fraction of sp³-hybridized carbons (Fsp3) is 0.650. The van der Waals surface area contributed by atoms with Crippen LogP contribution in [0.1, 0.15) is 27.2 Å². The minimum Gasteiger partial charge on any atom is -0.389 e. The zero-order chi connectivity index (χ0) is 18.8. The van der Waals surface area contributed by atoms with E-state index in [0.717, 1.165) is 32.0 Å². The van der Waals surface area contributed by atoms with Gasteiger partial charge in [0.2, 0.25) is 0 Å². The van der Waals surface area contributed by atoms with Crippen LogP contribution in [-0.2, 0) is 4.74 Å². The molecule has 146 valence electrons. The van der Waals surface area contributed by atoms with Crippen LogP contribution < -0.4 is 15.5 Å². The zero-order valence-electron chi connectivity index (χ0n) is 16.3. The van der Waals surface area contributed by atoms with Crippen molar-refractivity contribution < 1.29 is 9.84 Å². The number of anilines is 1. The van der Waals surface area contributed by atoms with Crippen LogP contribution in [0.3, 0.4) is 0 Å². The predicted molar refractivity (Wildman–Crippen MR) is 108 cm³/mol. The maximum Gasteiger partial charge on any atom is 0.191 e. The topological polar surface area (TPSA) is 69.1 Å². The van der Waals surface area contributed by atoms with Gasteiger partial charge in [0.25, 0.3) is 0 Å². The van der Waals surface area contributed by atoms with E-state index in [1.54, 1.807) is 0 Å². The summed E-state index contributed by atoms with van der Waals surface area (Å²) in [6.07, 6.45) is 0.493. The van der Waals surface area contributed by atoms with Gasteiger partial charge < -0.3 is 25.4 Å². The number of aliphatic imine (C=N–C) groups is 1. The molecule has 6 heteroatoms. The maximum atomic E-state index is 10.0. The van der Waals surface area contributed by atoms with Crippen molar-refractivity contribution in [2.75, 3.05) is 44.3 Å². The van der Waals surface area contributed by atoms with Gasteiger partial charge in [0, 0.05) is 38.0 Å². The molecular weight excluding hydrogens is 328 g/mol. The molecule has 1 aromatic rings. The molecule has 1 fully saturated rings. The number of benzene rings is 1. The van der Waals surface area contributed by atoms with Crippen LogP contribution in [0.4, 0.5) is 5.69 Å². The first-order valence-electron chi connectivity index (χ1n) is 9.69. The minimum absolute atomic E-state index is 0.326. The molecule has 0 bridgehead atoms. The summed E-state index contributed by atoms with van der Waals surface area (Å²) < 4.78 is 5.48. The van der Waals surface area contributed by atoms with Crippen LogP contribution in [0, 0.1) is 5.92 Å². The highest BCUT2D eigenvalue weighted by molar-refractivity contribution is 5.80. The standard InChI is InChI=1S/C20H34N4O2/c1-4-21-20(22-12-19(25)15-26-14-16(2)3)23-17-10-11-24(13-17)18-8-6-5-7-9-18/h5-9,16-17,19,25H,4,10-15H2,1-3H3,(H2,21,22,23). The number of ether oxygens (including phenoxy) is 1. The third-order valence-corrected chi connectivity index (χ3v) is 4.22. The number of aliphatic hydroxyl groups is 1. The third-order valence-electron chi connectivity index (χ3n) is 4.22. The van der Waals surface area contributed by atoms with Crippen molar-refractivity contribution in [3.63, 3.8) is 0 Å². The van der Waals surface area contributed by atoms with E-state index in [9.17, 15) is 5.11 Å². The summed E-state index contributed by atoms with van der Waals surface area (Å²) in [7, 11) is 0. The van der Waals surface area contributed by atoms with E-state index in [0.29, 0.717) is 31.7 Å². The highest BCUT2D eigenvalue weighted by Crippen LogP contribution is 2.19. The Morgan fingerprint density at radius 2 is 2.08 bits per heavy atom. The smallest absolute Gasteiger partial charge is 0.191 e. The van der Waals surface area contributed by atoms with Gasteiger partial charge in [-0.05, 0) is 31.4 Å². The van der Waals surface area contributed by atoms with Gasteiger partial charge in [-0.1, -0.05) is 32.0 Å². The summed E-state index contributed by atoms with van der Waals surface area (Å²) in [5.41, 5.74) is 1.26. The number of nitrogens with one attached hydrogen (secondary N) is 2. The van der Waals surface area contributed by atoms with Crippen molar-refractivity contribution in [3.8, 4) is 0 Å². The summed E-state index contributed by atoms with van der Waals surface area (Å²) in [6, 6.07) is 10.8. The Labute approximate surface area is 157 Å². The fourth-order valence-electron chi connectivity index (χ4n) is 2.95. The summed E-state index contributed by atoms with van der Waals surface area (Å²) in [4.78, 5) is 6.90. The lowest BCUT2D eigenvalue weighted by Gasteiger charge is -2.20. The summed E-state index contributed by atoms with van der Waals surface area (Å²) in [5.74, 6) is 1.23. The summed E-state index contributed by atoms with van der Waals surface area (Å²) in [6.45, 7) is 10.3. The highest BCUT2D eigenvalue weighted by Gasteiger charge is 2.23. The van der Waals surface area contributed by atoms with Crippen molar-refractivity contribution in [1.82, 2.24) is 10.6 Å². The van der Waals surface area contributed by atoms with Gasteiger partial charge in [0.1, 0.15) is 0 Å². The number of hydrogen-bond acceptors (Lipinski definition) is 4. The first-order valence-corrected chi connectivity index (χ1v) is 9.69. The Bertz CT molecular complexity index is 536. The van der Waals surface area contributed by atoms with Crippen LogP contribution in [0.15, 0.2) is 35.3 Å². The molecule has 0 amide bonds. The van der Waals surface area contributed by atoms with E-state index in [1.807, 2.05) is 13.0 Å². The monoisotopic (exact) mass is 362 g/mol. The SMILES string of the molecule is CCNC(=NCC(O)COCC(C)C)NC1CCN(c2ccccc2)C1. The lowest BCUT2D eigenvalue weighted by atomic mass is 10.2. The molecule has 1 aliphatic rings. The van der Waals surface area contributed by atoms with Crippen LogP contribution in [0.2, 0.25) is 0 Å². The van der Waals surface area contributed by atoms with Crippen molar-refractivity contribution >= 4 is 11.6 Å². The lowest BCUT2D eigenvalue weighted by molar-refractivity contribution is 0.0301. The number of hydrogen-bond donors (Lipinski definition) is 3. The molecule has 2 atom stereocenters. The molecule has 0 aromatic heterocycles. The molecule has 0 radical (unpaired) electrons. The Kier molecular flexibility index (Phi) is 8.71. The van der Waals surface area contributed by atoms with Gasteiger partial charge in [0.05, 0.1) is 19.3 Å². The van der Waals surface area contributed by atoms with E-state index in [2.05, 4.69) is 58.6 Å². The first kappa shape index (κ1) is 20.5. The molecule has 3 N–H and O–H groups in total. The molecule has 26 heavy (non-hydrogen) atoms. The van der Waals surface area contributed by atoms with Gasteiger partial charge in [0.15, 0.2) is 5.96 Å². The van der Waals surface area contributed by atoms with Crippen molar-refractivity contribution in [1.29, 1.82) is 0 Å². The second-order valence-corrected chi connectivity index (χ2v) is 7.22. The number of guanidine groups is 1. The summed E-state index contributed by atoms with van der Waals surface area (Å²) in [5, 5.41) is 16.8. The predicted octanol–water partition coefficient (Wildman–Crippen LogP) is 1.85. The first-order chi connectivity index (χ1) is 12.6. The second kappa shape index (κ2) is 11.0. The van der Waals surface area contributed by atoms with E-state index >= 15 is 0 Å². The van der Waals surface area contributed by atoms with Gasteiger partial charge in [-0.25, -0.2) is 0 Å². The normalized spacial score (nSPS) is 19.0. The molecule has 0 saturated carbocycles. The molecule has 1 saturated heterocycles. The average Bonchev–Trinajstić information content (AvgIpc) is 3.09. The van der Waals surface area contributed by atoms with Crippen molar-refractivity contribution in [3.05, 3.63) is 30.3 Å². The quantitative estimate of drug-likeness (QED) is 0.462. The molecule has 1 aromatic carbocycles. The fourth-order valence-corrected chi connectivity index (χ4v) is 2.95. The molecule has 1 heterocycles. The molecular formula is C20H34N4O2. The number of nitrogens with zero attached hydrogens (tertiary/aromatic N) is 2. The third kappa shape index (κ3) is 7.22. The highest BCUT2D eigenvalue weighted by atomic mass is 16.5. The Balaban J connectivity index is 1.80. The van der Waals surface area contributed by atoms with E-state index in [-0.39, 0.29) is 0 Å². The number of aliphatic hydroxyl groups excluding tert-OH is 1. The maximum absolute atomic E-state index is 10.0. The summed E-state index contributed by atoms with van der Waals surface area (Å²) >= 11 is 0.